The molecule has 1 saturated carbocycles. The molecule has 1 rings (SSSR count). The molecule has 5 heteroatoms. The van der Waals surface area contributed by atoms with Gasteiger partial charge in [0.1, 0.15) is 0 Å². The third kappa shape index (κ3) is 5.80. The maximum Gasteiger partial charge on any atom is 0.232 e. The summed E-state index contributed by atoms with van der Waals surface area (Å²) in [6.45, 7) is 1.28. The van der Waals surface area contributed by atoms with Gasteiger partial charge >= 0.3 is 0 Å². The van der Waals surface area contributed by atoms with Gasteiger partial charge in [-0.1, -0.05) is 0 Å². The molecule has 0 saturated heterocycles. The minimum Gasteiger partial charge on any atom is -0.381 e. The Hall–Kier alpha value is 0.200. The van der Waals surface area contributed by atoms with Crippen LogP contribution < -0.4 is 0 Å². The summed E-state index contributed by atoms with van der Waals surface area (Å²) in [7, 11) is 1.69. The number of hydrogen-bond acceptors (Lipinski definition) is 3. The summed E-state index contributed by atoms with van der Waals surface area (Å²) < 4.78 is 26.1. The molecule has 0 atom stereocenters. The SMILES string of the molecule is O=S(=O)(Cl)CCCOCC1CC1. The summed E-state index contributed by atoms with van der Waals surface area (Å²) in [5, 5.41) is 0. The molecule has 0 aliphatic heterocycles. The van der Waals surface area contributed by atoms with Gasteiger partial charge in [-0.3, -0.25) is 0 Å². The third-order valence-electron chi connectivity index (χ3n) is 1.73. The van der Waals surface area contributed by atoms with Crippen LogP contribution in [0.25, 0.3) is 0 Å². The van der Waals surface area contributed by atoms with Crippen molar-refractivity contribution in [2.24, 2.45) is 5.92 Å². The van der Waals surface area contributed by atoms with Gasteiger partial charge in [0.25, 0.3) is 0 Å². The van der Waals surface area contributed by atoms with E-state index < -0.39 is 9.05 Å². The smallest absolute Gasteiger partial charge is 0.232 e. The first kappa shape index (κ1) is 10.3. The highest BCUT2D eigenvalue weighted by Gasteiger charge is 2.20. The van der Waals surface area contributed by atoms with E-state index in [1.165, 1.54) is 12.8 Å². The highest BCUT2D eigenvalue weighted by Crippen LogP contribution is 2.28. The number of ether oxygens (including phenoxy) is 1. The van der Waals surface area contributed by atoms with Crippen molar-refractivity contribution in [3.63, 3.8) is 0 Å². The van der Waals surface area contributed by atoms with Gasteiger partial charge in [-0.05, 0) is 25.2 Å². The van der Waals surface area contributed by atoms with E-state index >= 15 is 0 Å². The number of rotatable bonds is 6. The molecule has 3 nitrogen and oxygen atoms in total. The van der Waals surface area contributed by atoms with Crippen molar-refractivity contribution in [1.29, 1.82) is 0 Å². The Bertz CT molecular complexity index is 221. The largest absolute Gasteiger partial charge is 0.381 e. The minimum atomic E-state index is -3.32. The summed E-state index contributed by atoms with van der Waals surface area (Å²) in [6.07, 6.45) is 3.01. The molecule has 0 spiro atoms. The average molecular weight is 213 g/mol. The summed E-state index contributed by atoms with van der Waals surface area (Å²) in [5.74, 6) is 0.747. The molecule has 1 fully saturated rings. The zero-order chi connectivity index (χ0) is 9.03. The first-order valence-electron chi connectivity index (χ1n) is 4.08. The van der Waals surface area contributed by atoms with Gasteiger partial charge in [-0.2, -0.15) is 0 Å². The first-order chi connectivity index (χ1) is 5.58. The zero-order valence-electron chi connectivity index (χ0n) is 6.83. The van der Waals surface area contributed by atoms with Gasteiger partial charge in [0, 0.05) is 23.9 Å². The van der Waals surface area contributed by atoms with Gasteiger partial charge in [0.05, 0.1) is 5.75 Å². The fraction of sp³-hybridized carbons (Fsp3) is 1.00. The monoisotopic (exact) mass is 212 g/mol. The molecule has 0 aromatic heterocycles. The molecule has 1 aliphatic carbocycles. The molecule has 72 valence electrons. The molecule has 0 aromatic rings. The molecular formula is C7H13ClO3S. The standard InChI is InChI=1S/C7H13ClO3S/c8-12(9,10)5-1-4-11-6-7-2-3-7/h7H,1-6H2. The first-order valence-corrected chi connectivity index (χ1v) is 6.56. The number of halogens is 1. The predicted molar refractivity (Wildman–Crippen MR) is 47.8 cm³/mol. The van der Waals surface area contributed by atoms with Crippen molar-refractivity contribution in [2.75, 3.05) is 19.0 Å². The Kier molecular flexibility index (Phi) is 3.80. The van der Waals surface area contributed by atoms with Crippen molar-refractivity contribution < 1.29 is 13.2 Å². The van der Waals surface area contributed by atoms with Crippen molar-refractivity contribution in [3.05, 3.63) is 0 Å². The van der Waals surface area contributed by atoms with E-state index in [0.29, 0.717) is 13.0 Å². The normalized spacial score (nSPS) is 18.1. The van der Waals surface area contributed by atoms with Crippen LogP contribution in [0.2, 0.25) is 0 Å². The Morgan fingerprint density at radius 2 is 2.08 bits per heavy atom. The van der Waals surface area contributed by atoms with Crippen LogP contribution in [-0.4, -0.2) is 27.4 Å². The number of hydrogen-bond donors (Lipinski definition) is 0. The summed E-state index contributed by atoms with van der Waals surface area (Å²) in [4.78, 5) is 0. The van der Waals surface area contributed by atoms with Crippen LogP contribution in [0.1, 0.15) is 19.3 Å². The van der Waals surface area contributed by atoms with Crippen LogP contribution in [0.3, 0.4) is 0 Å². The Balaban J connectivity index is 1.88. The van der Waals surface area contributed by atoms with Crippen LogP contribution in [0.4, 0.5) is 0 Å². The Morgan fingerprint density at radius 1 is 1.42 bits per heavy atom. The Morgan fingerprint density at radius 3 is 2.58 bits per heavy atom. The summed E-state index contributed by atoms with van der Waals surface area (Å²) in [6, 6.07) is 0. The second kappa shape index (κ2) is 4.44. The molecule has 0 bridgehead atoms. The highest BCUT2D eigenvalue weighted by molar-refractivity contribution is 8.13. The molecular weight excluding hydrogens is 200 g/mol. The topological polar surface area (TPSA) is 43.4 Å². The van der Waals surface area contributed by atoms with Crippen LogP contribution in [0, 0.1) is 5.92 Å². The van der Waals surface area contributed by atoms with E-state index in [9.17, 15) is 8.42 Å². The third-order valence-corrected chi connectivity index (χ3v) is 2.97. The van der Waals surface area contributed by atoms with Crippen molar-refractivity contribution in [3.8, 4) is 0 Å². The molecule has 1 aliphatic rings. The fourth-order valence-electron chi connectivity index (χ4n) is 0.868. The quantitative estimate of drug-likeness (QED) is 0.494. The molecule has 0 aromatic carbocycles. The Labute approximate surface area is 77.5 Å². The van der Waals surface area contributed by atoms with Gasteiger partial charge < -0.3 is 4.74 Å². The van der Waals surface area contributed by atoms with E-state index in [4.69, 9.17) is 15.4 Å². The summed E-state index contributed by atoms with van der Waals surface area (Å²) >= 11 is 0. The van der Waals surface area contributed by atoms with Crippen molar-refractivity contribution in [2.45, 2.75) is 19.3 Å². The molecule has 12 heavy (non-hydrogen) atoms. The minimum absolute atomic E-state index is 0.0131. The van der Waals surface area contributed by atoms with Crippen LogP contribution in [0.15, 0.2) is 0 Å². The van der Waals surface area contributed by atoms with Gasteiger partial charge in [-0.15, -0.1) is 0 Å². The molecule has 0 radical (unpaired) electrons. The molecule has 0 unspecified atom stereocenters. The van der Waals surface area contributed by atoms with Crippen LogP contribution in [0.5, 0.6) is 0 Å². The van der Waals surface area contributed by atoms with E-state index in [-0.39, 0.29) is 5.75 Å². The van der Waals surface area contributed by atoms with Crippen LogP contribution in [-0.2, 0) is 13.8 Å². The highest BCUT2D eigenvalue weighted by atomic mass is 35.7. The lowest BCUT2D eigenvalue weighted by molar-refractivity contribution is 0.125. The summed E-state index contributed by atoms with van der Waals surface area (Å²) in [5.41, 5.74) is 0. The van der Waals surface area contributed by atoms with Crippen LogP contribution >= 0.6 is 10.7 Å². The maximum atomic E-state index is 10.5. The molecule has 0 heterocycles. The maximum absolute atomic E-state index is 10.5. The lowest BCUT2D eigenvalue weighted by Gasteiger charge is -2.00. The van der Waals surface area contributed by atoms with Crippen molar-refractivity contribution in [1.82, 2.24) is 0 Å². The van der Waals surface area contributed by atoms with Crippen molar-refractivity contribution >= 4 is 19.7 Å². The second-order valence-corrected chi connectivity index (χ2v) is 6.01. The average Bonchev–Trinajstić information content (AvgIpc) is 2.68. The van der Waals surface area contributed by atoms with E-state index in [1.54, 1.807) is 0 Å². The molecule has 0 N–H and O–H groups in total. The second-order valence-electron chi connectivity index (χ2n) is 3.11. The molecule has 0 amide bonds. The van der Waals surface area contributed by atoms with Gasteiger partial charge in [-0.25, -0.2) is 8.42 Å². The van der Waals surface area contributed by atoms with Gasteiger partial charge in [0.15, 0.2) is 0 Å². The lowest BCUT2D eigenvalue weighted by atomic mass is 10.4. The predicted octanol–water partition coefficient (Wildman–Crippen LogP) is 1.37. The zero-order valence-corrected chi connectivity index (χ0v) is 8.40. The van der Waals surface area contributed by atoms with E-state index in [2.05, 4.69) is 0 Å². The fourth-order valence-corrected chi connectivity index (χ4v) is 1.66. The van der Waals surface area contributed by atoms with E-state index in [1.807, 2.05) is 0 Å². The lowest BCUT2D eigenvalue weighted by Crippen LogP contribution is -2.04. The van der Waals surface area contributed by atoms with E-state index in [0.717, 1.165) is 12.5 Å². The van der Waals surface area contributed by atoms with Gasteiger partial charge in [0.2, 0.25) is 9.05 Å².